The van der Waals surface area contributed by atoms with Crippen molar-refractivity contribution >= 4 is 11.0 Å². The predicted molar refractivity (Wildman–Crippen MR) is 42.8 cm³/mol. The van der Waals surface area contributed by atoms with Gasteiger partial charge in [0, 0.05) is 5.39 Å². The van der Waals surface area contributed by atoms with E-state index in [1.807, 2.05) is 0 Å². The van der Waals surface area contributed by atoms with E-state index < -0.39 is 6.43 Å². The van der Waals surface area contributed by atoms with Crippen molar-refractivity contribution in [3.05, 3.63) is 30.0 Å². The molecule has 0 amide bonds. The van der Waals surface area contributed by atoms with Crippen molar-refractivity contribution < 1.29 is 18.3 Å². The van der Waals surface area contributed by atoms with E-state index in [0.717, 1.165) is 0 Å². The van der Waals surface area contributed by atoms with Gasteiger partial charge in [0.2, 0.25) is 0 Å². The van der Waals surface area contributed by atoms with Crippen LogP contribution in [-0.4, -0.2) is 5.11 Å². The summed E-state index contributed by atoms with van der Waals surface area (Å²) >= 11 is 0. The lowest BCUT2D eigenvalue weighted by Gasteiger charge is -1.89. The maximum Gasteiger partial charge on any atom is 0.295 e. The molecule has 1 heterocycles. The summed E-state index contributed by atoms with van der Waals surface area (Å²) in [5, 5.41) is 9.53. The third-order valence-electron chi connectivity index (χ3n) is 1.73. The van der Waals surface area contributed by atoms with Gasteiger partial charge >= 0.3 is 0 Å². The molecule has 0 saturated heterocycles. The summed E-state index contributed by atoms with van der Waals surface area (Å²) in [5.41, 5.74) is 0.355. The number of hydrogen-bond donors (Lipinski definition) is 1. The zero-order chi connectivity index (χ0) is 9.42. The maximum absolute atomic E-state index is 12.1. The fraction of sp³-hybridized carbons (Fsp3) is 0.111. The second-order valence-corrected chi connectivity index (χ2v) is 2.67. The fourth-order valence-corrected chi connectivity index (χ4v) is 1.16. The second kappa shape index (κ2) is 2.73. The van der Waals surface area contributed by atoms with E-state index in [1.165, 1.54) is 24.3 Å². The average Bonchev–Trinajstić information content (AvgIpc) is 2.46. The zero-order valence-corrected chi connectivity index (χ0v) is 6.50. The van der Waals surface area contributed by atoms with Gasteiger partial charge in [0.15, 0.2) is 5.76 Å². The van der Waals surface area contributed by atoms with Crippen molar-refractivity contribution in [2.45, 2.75) is 6.43 Å². The highest BCUT2D eigenvalue weighted by Crippen LogP contribution is 2.28. The van der Waals surface area contributed by atoms with Crippen molar-refractivity contribution in [3.8, 4) is 5.75 Å². The van der Waals surface area contributed by atoms with Crippen LogP contribution < -0.4 is 0 Å². The van der Waals surface area contributed by atoms with Crippen LogP contribution in [0.3, 0.4) is 0 Å². The van der Waals surface area contributed by atoms with Gasteiger partial charge in [0.25, 0.3) is 6.43 Å². The molecule has 0 aliphatic carbocycles. The molecule has 0 aliphatic rings. The summed E-state index contributed by atoms with van der Waals surface area (Å²) in [7, 11) is 0. The Balaban J connectivity index is 2.62. The number of fused-ring (bicyclic) bond motifs is 1. The number of aromatic hydroxyl groups is 1. The van der Waals surface area contributed by atoms with E-state index in [-0.39, 0.29) is 11.5 Å². The quantitative estimate of drug-likeness (QED) is 0.738. The zero-order valence-electron chi connectivity index (χ0n) is 6.50. The molecule has 2 aromatic rings. The minimum absolute atomic E-state index is 0.0362. The Bertz CT molecular complexity index is 434. The van der Waals surface area contributed by atoms with Crippen LogP contribution in [0.25, 0.3) is 11.0 Å². The Morgan fingerprint density at radius 1 is 1.23 bits per heavy atom. The lowest BCUT2D eigenvalue weighted by Crippen LogP contribution is -1.74. The monoisotopic (exact) mass is 184 g/mol. The van der Waals surface area contributed by atoms with Crippen molar-refractivity contribution in [3.63, 3.8) is 0 Å². The van der Waals surface area contributed by atoms with Gasteiger partial charge in [-0.2, -0.15) is 0 Å². The average molecular weight is 184 g/mol. The van der Waals surface area contributed by atoms with Gasteiger partial charge in [-0.1, -0.05) is 0 Å². The van der Waals surface area contributed by atoms with Crippen molar-refractivity contribution in [2.75, 3.05) is 0 Å². The summed E-state index contributed by atoms with van der Waals surface area (Å²) in [6.45, 7) is 0. The van der Waals surface area contributed by atoms with Gasteiger partial charge in [-0.05, 0) is 24.3 Å². The van der Waals surface area contributed by atoms with Crippen LogP contribution >= 0.6 is 0 Å². The first kappa shape index (κ1) is 8.04. The van der Waals surface area contributed by atoms with E-state index in [9.17, 15) is 8.78 Å². The standard InChI is InChI=1S/C9H6F2O2/c10-9(11)8-4-5-3-6(12)1-2-7(5)13-8/h1-4,9,12H. The summed E-state index contributed by atoms with van der Waals surface area (Å²) < 4.78 is 29.1. The largest absolute Gasteiger partial charge is 0.508 e. The highest BCUT2D eigenvalue weighted by Gasteiger charge is 2.13. The number of hydrogen-bond acceptors (Lipinski definition) is 2. The summed E-state index contributed by atoms with van der Waals surface area (Å²) in [4.78, 5) is 0. The third-order valence-corrected chi connectivity index (χ3v) is 1.73. The topological polar surface area (TPSA) is 33.4 Å². The third kappa shape index (κ3) is 1.35. The maximum atomic E-state index is 12.1. The Hall–Kier alpha value is -1.58. The molecule has 0 aliphatic heterocycles. The molecule has 1 aromatic heterocycles. The van der Waals surface area contributed by atoms with Gasteiger partial charge in [-0.3, -0.25) is 0 Å². The van der Waals surface area contributed by atoms with Crippen molar-refractivity contribution in [1.29, 1.82) is 0 Å². The van der Waals surface area contributed by atoms with Gasteiger partial charge < -0.3 is 9.52 Å². The van der Waals surface area contributed by atoms with E-state index in [0.29, 0.717) is 11.0 Å². The Kier molecular flexibility index (Phi) is 1.69. The molecule has 2 rings (SSSR count). The molecule has 0 atom stereocenters. The first-order valence-corrected chi connectivity index (χ1v) is 3.67. The number of phenols is 1. The molecular weight excluding hydrogens is 178 g/mol. The Morgan fingerprint density at radius 3 is 2.69 bits per heavy atom. The molecule has 0 fully saturated rings. The van der Waals surface area contributed by atoms with Crippen molar-refractivity contribution in [2.24, 2.45) is 0 Å². The van der Waals surface area contributed by atoms with Crippen molar-refractivity contribution in [1.82, 2.24) is 0 Å². The van der Waals surface area contributed by atoms with Crippen LogP contribution in [0.5, 0.6) is 5.75 Å². The van der Waals surface area contributed by atoms with Gasteiger partial charge in [0.05, 0.1) is 0 Å². The number of furan rings is 1. The highest BCUT2D eigenvalue weighted by molar-refractivity contribution is 5.79. The van der Waals surface area contributed by atoms with Crippen LogP contribution in [-0.2, 0) is 0 Å². The van der Waals surface area contributed by atoms with E-state index >= 15 is 0 Å². The number of alkyl halides is 2. The van der Waals surface area contributed by atoms with Gasteiger partial charge in [0.1, 0.15) is 11.3 Å². The Morgan fingerprint density at radius 2 is 2.00 bits per heavy atom. The smallest absolute Gasteiger partial charge is 0.295 e. The minimum atomic E-state index is -2.62. The Labute approximate surface area is 72.4 Å². The minimum Gasteiger partial charge on any atom is -0.508 e. The van der Waals surface area contributed by atoms with Gasteiger partial charge in [-0.25, -0.2) is 8.78 Å². The molecule has 4 heteroatoms. The lowest BCUT2D eigenvalue weighted by molar-refractivity contribution is 0.124. The fourth-order valence-electron chi connectivity index (χ4n) is 1.16. The molecular formula is C9H6F2O2. The van der Waals surface area contributed by atoms with Crippen LogP contribution in [0.4, 0.5) is 8.78 Å². The SMILES string of the molecule is Oc1ccc2oc(C(F)F)cc2c1. The van der Waals surface area contributed by atoms with E-state index in [1.54, 1.807) is 0 Å². The number of benzene rings is 1. The van der Waals surface area contributed by atoms with Gasteiger partial charge in [-0.15, -0.1) is 0 Å². The summed E-state index contributed by atoms with van der Waals surface area (Å²) in [6, 6.07) is 5.45. The van der Waals surface area contributed by atoms with Crippen LogP contribution in [0, 0.1) is 0 Å². The van der Waals surface area contributed by atoms with Crippen LogP contribution in [0.2, 0.25) is 0 Å². The van der Waals surface area contributed by atoms with Crippen LogP contribution in [0.1, 0.15) is 12.2 Å². The molecule has 0 saturated carbocycles. The van der Waals surface area contributed by atoms with Crippen LogP contribution in [0.15, 0.2) is 28.7 Å². The molecule has 1 N–H and O–H groups in total. The highest BCUT2D eigenvalue weighted by atomic mass is 19.3. The summed E-state index contributed by atoms with van der Waals surface area (Å²) in [6.07, 6.45) is -2.62. The first-order valence-electron chi connectivity index (χ1n) is 3.67. The number of rotatable bonds is 1. The lowest BCUT2D eigenvalue weighted by atomic mass is 10.2. The normalized spacial score (nSPS) is 11.3. The molecule has 0 radical (unpaired) electrons. The molecule has 13 heavy (non-hydrogen) atoms. The van der Waals surface area contributed by atoms with E-state index in [2.05, 4.69) is 0 Å². The number of halogens is 2. The van der Waals surface area contributed by atoms with E-state index in [4.69, 9.17) is 9.52 Å². The number of phenolic OH excluding ortho intramolecular Hbond substituents is 1. The molecule has 0 bridgehead atoms. The summed E-state index contributed by atoms with van der Waals surface area (Å²) in [5.74, 6) is -0.338. The second-order valence-electron chi connectivity index (χ2n) is 2.67. The molecule has 2 nitrogen and oxygen atoms in total. The molecule has 1 aromatic carbocycles. The first-order chi connectivity index (χ1) is 6.16. The molecule has 68 valence electrons. The molecule has 0 spiro atoms. The predicted octanol–water partition coefficient (Wildman–Crippen LogP) is 3.08. The molecule has 0 unspecified atom stereocenters.